The number of H-pyrrole nitrogens is 1. The van der Waals surface area contributed by atoms with Crippen LogP contribution in [0.3, 0.4) is 0 Å². The molecular weight excluding hydrogens is 215 g/mol. The first-order valence-electron chi connectivity index (χ1n) is 3.64. The standard InChI is InChI=1S/C7H4F3N3O2/c8-7(9,10)4-3-5(14)12-6(15)13(4)2-1-11/h3H,2H2,(H,12,14,15). The number of aromatic nitrogens is 2. The lowest BCUT2D eigenvalue weighted by Gasteiger charge is -2.11. The SMILES string of the molecule is N#CCn1c(C(F)(F)F)cc(=O)[nH]c1=O. The molecule has 1 aromatic heterocycles. The first kappa shape index (κ1) is 11.0. The van der Waals surface area contributed by atoms with Gasteiger partial charge < -0.3 is 0 Å². The van der Waals surface area contributed by atoms with Crippen LogP contribution in [0.5, 0.6) is 0 Å². The quantitative estimate of drug-likeness (QED) is 0.726. The molecule has 0 aliphatic carbocycles. The normalized spacial score (nSPS) is 11.1. The Morgan fingerprint density at radius 3 is 2.53 bits per heavy atom. The molecule has 0 atom stereocenters. The summed E-state index contributed by atoms with van der Waals surface area (Å²) < 4.78 is 37.1. The Bertz CT molecular complexity index is 520. The Balaban J connectivity index is 3.56. The summed E-state index contributed by atoms with van der Waals surface area (Å²) in [5.41, 5.74) is -3.84. The second-order valence-corrected chi connectivity index (χ2v) is 2.57. The van der Waals surface area contributed by atoms with E-state index in [1.54, 1.807) is 4.98 Å². The van der Waals surface area contributed by atoms with Gasteiger partial charge in [0.25, 0.3) is 5.56 Å². The van der Waals surface area contributed by atoms with E-state index < -0.39 is 29.7 Å². The molecule has 0 saturated carbocycles. The maximum atomic E-state index is 12.3. The third kappa shape index (κ3) is 2.25. The number of alkyl halides is 3. The van der Waals surface area contributed by atoms with Crippen LogP contribution in [0.4, 0.5) is 13.2 Å². The average Bonchev–Trinajstić information content (AvgIpc) is 2.07. The van der Waals surface area contributed by atoms with Crippen LogP contribution >= 0.6 is 0 Å². The van der Waals surface area contributed by atoms with Gasteiger partial charge in [-0.15, -0.1) is 0 Å². The molecule has 80 valence electrons. The fourth-order valence-corrected chi connectivity index (χ4v) is 0.983. The van der Waals surface area contributed by atoms with Gasteiger partial charge in [0.15, 0.2) is 0 Å². The van der Waals surface area contributed by atoms with Crippen LogP contribution in [0.2, 0.25) is 0 Å². The number of nitrogens with one attached hydrogen (secondary N) is 1. The molecule has 0 fully saturated rings. The third-order valence-electron chi connectivity index (χ3n) is 1.55. The minimum atomic E-state index is -4.84. The Labute approximate surface area is 80.4 Å². The van der Waals surface area contributed by atoms with Crippen molar-refractivity contribution in [3.8, 4) is 6.07 Å². The number of rotatable bonds is 1. The molecule has 0 bridgehead atoms. The molecule has 8 heteroatoms. The van der Waals surface area contributed by atoms with Crippen molar-refractivity contribution in [2.24, 2.45) is 0 Å². The molecule has 0 saturated heterocycles. The van der Waals surface area contributed by atoms with Crippen LogP contribution in [-0.4, -0.2) is 9.55 Å². The average molecular weight is 219 g/mol. The third-order valence-corrected chi connectivity index (χ3v) is 1.55. The van der Waals surface area contributed by atoms with Crippen molar-refractivity contribution in [1.29, 1.82) is 5.26 Å². The Kier molecular flexibility index (Phi) is 2.65. The lowest BCUT2D eigenvalue weighted by molar-refractivity contribution is -0.144. The molecular formula is C7H4F3N3O2. The molecule has 1 rings (SSSR count). The van der Waals surface area contributed by atoms with Crippen LogP contribution in [0.1, 0.15) is 5.69 Å². The largest absolute Gasteiger partial charge is 0.431 e. The summed E-state index contributed by atoms with van der Waals surface area (Å²) in [7, 11) is 0. The van der Waals surface area contributed by atoms with Gasteiger partial charge in [-0.2, -0.15) is 18.4 Å². The maximum Gasteiger partial charge on any atom is 0.431 e. The van der Waals surface area contributed by atoms with E-state index in [0.29, 0.717) is 0 Å². The second kappa shape index (κ2) is 3.61. The van der Waals surface area contributed by atoms with Crippen molar-refractivity contribution in [1.82, 2.24) is 9.55 Å². The van der Waals surface area contributed by atoms with E-state index in [9.17, 15) is 22.8 Å². The molecule has 1 aromatic rings. The molecule has 15 heavy (non-hydrogen) atoms. The highest BCUT2D eigenvalue weighted by Crippen LogP contribution is 2.27. The van der Waals surface area contributed by atoms with E-state index in [-0.39, 0.29) is 10.6 Å². The van der Waals surface area contributed by atoms with Crippen molar-refractivity contribution in [3.05, 3.63) is 32.6 Å². The lowest BCUT2D eigenvalue weighted by atomic mass is 10.3. The smallest absolute Gasteiger partial charge is 0.275 e. The molecule has 1 N–H and O–H groups in total. The van der Waals surface area contributed by atoms with Gasteiger partial charge in [-0.05, 0) is 0 Å². The first-order valence-corrected chi connectivity index (χ1v) is 3.64. The molecule has 0 amide bonds. The first-order chi connectivity index (χ1) is 6.86. The Hall–Kier alpha value is -2.04. The maximum absolute atomic E-state index is 12.3. The van der Waals surface area contributed by atoms with Crippen LogP contribution in [0.25, 0.3) is 0 Å². The predicted molar refractivity (Wildman–Crippen MR) is 41.9 cm³/mol. The number of aromatic amines is 1. The van der Waals surface area contributed by atoms with Gasteiger partial charge in [-0.3, -0.25) is 14.3 Å². The van der Waals surface area contributed by atoms with Gasteiger partial charge in [0, 0.05) is 6.07 Å². The van der Waals surface area contributed by atoms with Gasteiger partial charge in [-0.1, -0.05) is 0 Å². The van der Waals surface area contributed by atoms with Crippen molar-refractivity contribution >= 4 is 0 Å². The van der Waals surface area contributed by atoms with Crippen molar-refractivity contribution in [3.63, 3.8) is 0 Å². The van der Waals surface area contributed by atoms with Crippen LogP contribution in [-0.2, 0) is 12.7 Å². The highest BCUT2D eigenvalue weighted by molar-refractivity contribution is 5.07. The summed E-state index contributed by atoms with van der Waals surface area (Å²) in [6, 6.07) is 1.63. The van der Waals surface area contributed by atoms with E-state index in [2.05, 4.69) is 0 Å². The Morgan fingerprint density at radius 1 is 1.47 bits per heavy atom. The van der Waals surface area contributed by atoms with Crippen LogP contribution in [0, 0.1) is 11.3 Å². The predicted octanol–water partition coefficient (Wildman–Crippen LogP) is 0.0790. The fraction of sp³-hybridized carbons (Fsp3) is 0.286. The number of hydrogen-bond acceptors (Lipinski definition) is 3. The molecule has 0 aromatic carbocycles. The van der Waals surface area contributed by atoms with Crippen LogP contribution in [0.15, 0.2) is 15.7 Å². The highest BCUT2D eigenvalue weighted by Gasteiger charge is 2.35. The summed E-state index contributed by atoms with van der Waals surface area (Å²) in [5.74, 6) is 0. The van der Waals surface area contributed by atoms with Crippen molar-refractivity contribution < 1.29 is 13.2 Å². The number of nitrogens with zero attached hydrogens (tertiary/aromatic N) is 2. The van der Waals surface area contributed by atoms with Gasteiger partial charge in [0.1, 0.15) is 12.2 Å². The molecule has 0 aliphatic heterocycles. The van der Waals surface area contributed by atoms with Crippen molar-refractivity contribution in [2.75, 3.05) is 0 Å². The van der Waals surface area contributed by atoms with Crippen molar-refractivity contribution in [2.45, 2.75) is 12.7 Å². The van der Waals surface area contributed by atoms with E-state index in [4.69, 9.17) is 5.26 Å². The number of halogens is 3. The van der Waals surface area contributed by atoms with Gasteiger partial charge in [0.2, 0.25) is 0 Å². The van der Waals surface area contributed by atoms with E-state index >= 15 is 0 Å². The summed E-state index contributed by atoms with van der Waals surface area (Å²) in [5, 5.41) is 8.23. The fourth-order valence-electron chi connectivity index (χ4n) is 0.983. The van der Waals surface area contributed by atoms with Crippen LogP contribution < -0.4 is 11.2 Å². The minimum Gasteiger partial charge on any atom is -0.275 e. The molecule has 0 aliphatic rings. The summed E-state index contributed by atoms with van der Waals surface area (Å²) >= 11 is 0. The molecule has 0 unspecified atom stereocenters. The monoisotopic (exact) mass is 219 g/mol. The van der Waals surface area contributed by atoms with Gasteiger partial charge >= 0.3 is 11.9 Å². The number of hydrogen-bond donors (Lipinski definition) is 1. The molecule has 0 radical (unpaired) electrons. The topological polar surface area (TPSA) is 78.7 Å². The summed E-state index contributed by atoms with van der Waals surface area (Å²) in [4.78, 5) is 23.3. The number of nitriles is 1. The van der Waals surface area contributed by atoms with E-state index in [1.165, 1.54) is 6.07 Å². The second-order valence-electron chi connectivity index (χ2n) is 2.57. The zero-order valence-electron chi connectivity index (χ0n) is 7.13. The van der Waals surface area contributed by atoms with Gasteiger partial charge in [0.05, 0.1) is 6.07 Å². The van der Waals surface area contributed by atoms with E-state index in [1.807, 2.05) is 0 Å². The lowest BCUT2D eigenvalue weighted by Crippen LogP contribution is -2.34. The molecule has 0 spiro atoms. The summed E-state index contributed by atoms with van der Waals surface area (Å²) in [6.07, 6.45) is -4.84. The highest BCUT2D eigenvalue weighted by atomic mass is 19.4. The molecule has 5 nitrogen and oxygen atoms in total. The van der Waals surface area contributed by atoms with Gasteiger partial charge in [-0.25, -0.2) is 4.79 Å². The van der Waals surface area contributed by atoms with E-state index in [0.717, 1.165) is 0 Å². The zero-order valence-corrected chi connectivity index (χ0v) is 7.13. The zero-order chi connectivity index (χ0) is 11.6. The Morgan fingerprint density at radius 2 is 2.07 bits per heavy atom. The minimum absolute atomic E-state index is 0.154. The molecule has 1 heterocycles. The summed E-state index contributed by atoms with van der Waals surface area (Å²) in [6.45, 7) is -0.773.